The molecule has 22 heavy (non-hydrogen) atoms. The molecule has 0 bridgehead atoms. The Morgan fingerprint density at radius 1 is 1.27 bits per heavy atom. The third-order valence-electron chi connectivity index (χ3n) is 2.73. The molecule has 0 saturated heterocycles. The van der Waals surface area contributed by atoms with Crippen molar-refractivity contribution in [3.63, 3.8) is 0 Å². The van der Waals surface area contributed by atoms with Crippen LogP contribution in [0, 0.1) is 0 Å². The van der Waals surface area contributed by atoms with Gasteiger partial charge in [-0.25, -0.2) is 0 Å². The van der Waals surface area contributed by atoms with Crippen LogP contribution in [0.4, 0.5) is 5.13 Å². The van der Waals surface area contributed by atoms with Gasteiger partial charge in [0.1, 0.15) is 10.8 Å². The molecule has 0 fully saturated rings. The fourth-order valence-corrected chi connectivity index (χ4v) is 2.74. The second kappa shape index (κ2) is 7.26. The normalized spacial score (nSPS) is 12.3. The predicted molar refractivity (Wildman–Crippen MR) is 89.2 cm³/mol. The molecular weight excluding hydrogens is 345 g/mol. The van der Waals surface area contributed by atoms with Crippen LogP contribution in [-0.4, -0.2) is 22.2 Å². The summed E-state index contributed by atoms with van der Waals surface area (Å²) in [7, 11) is 0. The summed E-state index contributed by atoms with van der Waals surface area (Å²) in [6.07, 6.45) is -0.731. The molecule has 0 aliphatic rings. The van der Waals surface area contributed by atoms with Crippen molar-refractivity contribution in [1.29, 1.82) is 0 Å². The second-order valence-corrected chi connectivity index (χ2v) is 6.78. The van der Waals surface area contributed by atoms with Gasteiger partial charge >= 0.3 is 0 Å². The summed E-state index contributed by atoms with van der Waals surface area (Å²) in [5, 5.41) is 12.8. The monoisotopic (exact) mass is 359 g/mol. The molecule has 0 saturated carbocycles. The van der Waals surface area contributed by atoms with Crippen molar-refractivity contribution >= 4 is 45.6 Å². The zero-order chi connectivity index (χ0) is 16.3. The first-order valence-electron chi connectivity index (χ1n) is 6.62. The van der Waals surface area contributed by atoms with Crippen molar-refractivity contribution in [2.75, 3.05) is 5.32 Å². The lowest BCUT2D eigenvalue weighted by atomic mass is 10.2. The summed E-state index contributed by atoms with van der Waals surface area (Å²) < 4.78 is 5.54. The number of hydrogen-bond donors (Lipinski definition) is 1. The maximum Gasteiger partial charge on any atom is 0.266 e. The first-order chi connectivity index (χ1) is 10.4. The smallest absolute Gasteiger partial charge is 0.266 e. The van der Waals surface area contributed by atoms with Crippen LogP contribution >= 0.6 is 34.5 Å². The maximum atomic E-state index is 12.1. The van der Waals surface area contributed by atoms with Crippen molar-refractivity contribution < 1.29 is 9.53 Å². The number of halogens is 2. The molecule has 1 aromatic heterocycles. The average Bonchev–Trinajstić information content (AvgIpc) is 2.90. The van der Waals surface area contributed by atoms with Crippen LogP contribution in [0.5, 0.6) is 5.75 Å². The van der Waals surface area contributed by atoms with Crippen molar-refractivity contribution in [1.82, 2.24) is 10.2 Å². The molecule has 1 heterocycles. The lowest BCUT2D eigenvalue weighted by Gasteiger charge is -2.14. The molecule has 0 radical (unpaired) electrons. The van der Waals surface area contributed by atoms with E-state index in [1.807, 2.05) is 13.8 Å². The van der Waals surface area contributed by atoms with Crippen LogP contribution in [-0.2, 0) is 4.79 Å². The molecule has 0 unspecified atom stereocenters. The molecule has 8 heteroatoms. The van der Waals surface area contributed by atoms with E-state index in [0.717, 1.165) is 5.01 Å². The second-order valence-electron chi connectivity index (χ2n) is 4.92. The van der Waals surface area contributed by atoms with E-state index in [9.17, 15) is 4.79 Å². The van der Waals surface area contributed by atoms with Crippen LogP contribution in [0.3, 0.4) is 0 Å². The topological polar surface area (TPSA) is 64.1 Å². The highest BCUT2D eigenvalue weighted by Gasteiger charge is 2.18. The molecule has 1 atom stereocenters. The van der Waals surface area contributed by atoms with Crippen LogP contribution in [0.15, 0.2) is 18.2 Å². The minimum atomic E-state index is -0.731. The van der Waals surface area contributed by atoms with Gasteiger partial charge in [-0.3, -0.25) is 10.1 Å². The number of ether oxygens (including phenoxy) is 1. The standard InChI is InChI=1S/C14H15Cl2N3O2S/c1-7(2)13-18-19-14(22-13)17-12(20)8(3)21-11-5-4-9(15)6-10(11)16/h4-8H,1-3H3,(H,17,19,20)/t8-/m0/s1. The van der Waals surface area contributed by atoms with Gasteiger partial charge in [-0.1, -0.05) is 48.4 Å². The third-order valence-corrected chi connectivity index (χ3v) is 4.40. The summed E-state index contributed by atoms with van der Waals surface area (Å²) in [6.45, 7) is 5.66. The lowest BCUT2D eigenvalue weighted by molar-refractivity contribution is -0.122. The highest BCUT2D eigenvalue weighted by Crippen LogP contribution is 2.28. The Hall–Kier alpha value is -1.37. The van der Waals surface area contributed by atoms with Gasteiger partial charge in [-0.2, -0.15) is 0 Å². The van der Waals surface area contributed by atoms with E-state index in [0.29, 0.717) is 20.9 Å². The predicted octanol–water partition coefficient (Wildman–Crippen LogP) is 4.37. The number of nitrogens with zero attached hydrogens (tertiary/aromatic N) is 2. The molecule has 2 rings (SSSR count). The highest BCUT2D eigenvalue weighted by atomic mass is 35.5. The molecule has 1 N–H and O–H groups in total. The first-order valence-corrected chi connectivity index (χ1v) is 8.20. The number of hydrogen-bond acceptors (Lipinski definition) is 5. The number of carbonyl (C=O) groups excluding carboxylic acids is 1. The van der Waals surface area contributed by atoms with Crippen molar-refractivity contribution in [2.24, 2.45) is 0 Å². The van der Waals surface area contributed by atoms with E-state index in [1.54, 1.807) is 25.1 Å². The molecule has 0 aliphatic heterocycles. The molecule has 0 aliphatic carbocycles. The van der Waals surface area contributed by atoms with Gasteiger partial charge in [0.25, 0.3) is 5.91 Å². The summed E-state index contributed by atoms with van der Waals surface area (Å²) in [4.78, 5) is 12.1. The Labute approximate surface area is 142 Å². The van der Waals surface area contributed by atoms with Crippen LogP contribution in [0.25, 0.3) is 0 Å². The largest absolute Gasteiger partial charge is 0.479 e. The zero-order valence-corrected chi connectivity index (χ0v) is 14.6. The van der Waals surface area contributed by atoms with Crippen molar-refractivity contribution in [3.05, 3.63) is 33.3 Å². The number of rotatable bonds is 5. The number of aromatic nitrogens is 2. The van der Waals surface area contributed by atoms with E-state index in [2.05, 4.69) is 15.5 Å². The minimum Gasteiger partial charge on any atom is -0.479 e. The summed E-state index contributed by atoms with van der Waals surface area (Å²) in [6, 6.07) is 4.83. The molecule has 1 amide bonds. The fraction of sp³-hybridized carbons (Fsp3) is 0.357. The lowest BCUT2D eigenvalue weighted by Crippen LogP contribution is -2.30. The maximum absolute atomic E-state index is 12.1. The van der Waals surface area contributed by atoms with Gasteiger partial charge in [0, 0.05) is 10.9 Å². The summed E-state index contributed by atoms with van der Waals surface area (Å²) >= 11 is 13.2. The zero-order valence-electron chi connectivity index (χ0n) is 12.3. The Bertz CT molecular complexity index is 676. The van der Waals surface area contributed by atoms with E-state index in [-0.39, 0.29) is 11.8 Å². The Morgan fingerprint density at radius 2 is 2.00 bits per heavy atom. The highest BCUT2D eigenvalue weighted by molar-refractivity contribution is 7.15. The molecular formula is C14H15Cl2N3O2S. The fourth-order valence-electron chi connectivity index (χ4n) is 1.54. The van der Waals surface area contributed by atoms with Gasteiger partial charge in [0.15, 0.2) is 6.10 Å². The van der Waals surface area contributed by atoms with Gasteiger partial charge in [-0.05, 0) is 25.1 Å². The van der Waals surface area contributed by atoms with Crippen LogP contribution in [0.1, 0.15) is 31.7 Å². The van der Waals surface area contributed by atoms with Gasteiger partial charge < -0.3 is 4.74 Å². The van der Waals surface area contributed by atoms with Gasteiger partial charge in [0.05, 0.1) is 5.02 Å². The first kappa shape index (κ1) is 17.0. The number of anilines is 1. The molecule has 1 aromatic carbocycles. The van der Waals surface area contributed by atoms with Crippen LogP contribution in [0.2, 0.25) is 10.0 Å². The minimum absolute atomic E-state index is 0.268. The number of amides is 1. The average molecular weight is 360 g/mol. The Kier molecular flexibility index (Phi) is 5.61. The molecule has 2 aromatic rings. The number of nitrogens with one attached hydrogen (secondary N) is 1. The van der Waals surface area contributed by atoms with E-state index in [4.69, 9.17) is 27.9 Å². The third kappa shape index (κ3) is 4.32. The number of benzene rings is 1. The SMILES string of the molecule is CC(C)c1nnc(NC(=O)[C@H](C)Oc2ccc(Cl)cc2Cl)s1. The van der Waals surface area contributed by atoms with E-state index in [1.165, 1.54) is 11.3 Å². The van der Waals surface area contributed by atoms with Crippen molar-refractivity contribution in [3.8, 4) is 5.75 Å². The number of carbonyl (C=O) groups is 1. The Balaban J connectivity index is 1.99. The summed E-state index contributed by atoms with van der Waals surface area (Å²) in [5.74, 6) is 0.344. The summed E-state index contributed by atoms with van der Waals surface area (Å²) in [5.41, 5.74) is 0. The van der Waals surface area contributed by atoms with Crippen LogP contribution < -0.4 is 10.1 Å². The molecule has 118 valence electrons. The molecule has 5 nitrogen and oxygen atoms in total. The quantitative estimate of drug-likeness (QED) is 0.860. The van der Waals surface area contributed by atoms with Crippen molar-refractivity contribution in [2.45, 2.75) is 32.8 Å². The Morgan fingerprint density at radius 3 is 2.59 bits per heavy atom. The molecule has 0 spiro atoms. The van der Waals surface area contributed by atoms with Gasteiger partial charge in [-0.15, -0.1) is 10.2 Å². The van der Waals surface area contributed by atoms with E-state index >= 15 is 0 Å². The van der Waals surface area contributed by atoms with E-state index < -0.39 is 6.10 Å². The van der Waals surface area contributed by atoms with Gasteiger partial charge in [0.2, 0.25) is 5.13 Å².